The maximum absolute atomic E-state index is 5.88. The minimum Gasteiger partial charge on any atom is -0.381 e. The molecule has 0 heterocycles. The number of methoxy groups -OCH3 is 2. The number of aryl methyl sites for hydroxylation is 1. The van der Waals surface area contributed by atoms with Crippen LogP contribution in [-0.4, -0.2) is 52.6 Å². The molecule has 2 saturated carbocycles. The molecule has 0 bridgehead atoms. The Labute approximate surface area is 427 Å². The summed E-state index contributed by atoms with van der Waals surface area (Å²) in [5.41, 5.74) is 5.79. The Morgan fingerprint density at radius 2 is 0.783 bits per heavy atom. The normalized spacial score (nSPS) is 15.3. The van der Waals surface area contributed by atoms with Gasteiger partial charge >= 0.3 is 0 Å². The molecular formula is C65H108N2O2. The number of rotatable bonds is 33. The molecule has 0 saturated heterocycles. The molecule has 0 aromatic heterocycles. The second-order valence-corrected chi connectivity index (χ2v) is 20.5. The first-order valence-corrected chi connectivity index (χ1v) is 29.6. The summed E-state index contributed by atoms with van der Waals surface area (Å²) in [4.78, 5) is 5.40. The average Bonchev–Trinajstić information content (AvgIpc) is 4.12. The monoisotopic (exact) mass is 949 g/mol. The van der Waals surface area contributed by atoms with Crippen molar-refractivity contribution < 1.29 is 9.47 Å². The fourth-order valence-electron chi connectivity index (χ4n) is 10.5. The first-order chi connectivity index (χ1) is 34.0. The zero-order valence-electron chi connectivity index (χ0n) is 46.7. The van der Waals surface area contributed by atoms with E-state index in [-0.39, 0.29) is 0 Å². The van der Waals surface area contributed by atoms with Crippen LogP contribution in [0.2, 0.25) is 0 Å². The summed E-state index contributed by atoms with van der Waals surface area (Å²) in [6.45, 7) is 20.2. The molecule has 0 spiro atoms. The molecule has 4 aromatic rings. The van der Waals surface area contributed by atoms with E-state index in [4.69, 9.17) is 9.47 Å². The van der Waals surface area contributed by atoms with Crippen LogP contribution in [0.5, 0.6) is 0 Å². The quantitative estimate of drug-likeness (QED) is 0.0444. The predicted molar refractivity (Wildman–Crippen MR) is 309 cm³/mol. The second-order valence-electron chi connectivity index (χ2n) is 20.5. The third kappa shape index (κ3) is 22.9. The van der Waals surface area contributed by atoms with Crippen molar-refractivity contribution in [1.82, 2.24) is 0 Å². The molecule has 2 unspecified atom stereocenters. The summed E-state index contributed by atoms with van der Waals surface area (Å²) >= 11 is 0. The lowest BCUT2D eigenvalue weighted by Gasteiger charge is -2.28. The van der Waals surface area contributed by atoms with Gasteiger partial charge in [-0.1, -0.05) is 237 Å². The summed E-state index contributed by atoms with van der Waals surface area (Å²) in [7, 11) is 3.65. The van der Waals surface area contributed by atoms with Crippen molar-refractivity contribution in [2.24, 2.45) is 0 Å². The van der Waals surface area contributed by atoms with E-state index in [0.717, 1.165) is 0 Å². The van der Waals surface area contributed by atoms with E-state index in [0.29, 0.717) is 18.1 Å². The van der Waals surface area contributed by atoms with E-state index in [1.165, 1.54) is 256 Å². The number of nitrogens with zero attached hydrogens (tertiary/aromatic N) is 2. The summed E-state index contributed by atoms with van der Waals surface area (Å²) in [6, 6.07) is 27.7. The first kappa shape index (κ1) is 60.2. The van der Waals surface area contributed by atoms with E-state index < -0.39 is 0 Å². The lowest BCUT2D eigenvalue weighted by molar-refractivity contribution is 0.0949. The van der Waals surface area contributed by atoms with Gasteiger partial charge in [0.15, 0.2) is 0 Å². The first-order valence-electron chi connectivity index (χ1n) is 29.6. The highest BCUT2D eigenvalue weighted by Gasteiger charge is 2.30. The van der Waals surface area contributed by atoms with Crippen LogP contribution < -0.4 is 9.80 Å². The summed E-state index contributed by atoms with van der Waals surface area (Å²) in [6.07, 6.45) is 40.1. The SMILES string of the molecule is CC.CCCCCCCCN(CCCCCCCC)c1ccc(C)c2ccccc12.CCCCCCCCN(CCCCCCCC)c1ccc(C2CCCC2OC)c2ccccc12.COC1CC1. The smallest absolute Gasteiger partial charge is 0.0640 e. The average molecular weight is 950 g/mol. The lowest BCUT2D eigenvalue weighted by atomic mass is 9.90. The molecule has 4 aromatic carbocycles. The van der Waals surface area contributed by atoms with Gasteiger partial charge in [0.05, 0.1) is 12.2 Å². The molecule has 2 aliphatic rings. The van der Waals surface area contributed by atoms with Gasteiger partial charge in [0.1, 0.15) is 0 Å². The molecule has 2 fully saturated rings. The van der Waals surface area contributed by atoms with Gasteiger partial charge < -0.3 is 19.3 Å². The second kappa shape index (κ2) is 38.6. The number of benzene rings is 4. The fraction of sp³-hybridized carbons (Fsp3) is 0.692. The molecule has 69 heavy (non-hydrogen) atoms. The third-order valence-corrected chi connectivity index (χ3v) is 14.9. The van der Waals surface area contributed by atoms with Crippen LogP contribution in [0, 0.1) is 6.92 Å². The third-order valence-electron chi connectivity index (χ3n) is 14.9. The zero-order valence-corrected chi connectivity index (χ0v) is 46.7. The van der Waals surface area contributed by atoms with E-state index in [9.17, 15) is 0 Å². The van der Waals surface area contributed by atoms with Gasteiger partial charge in [-0.2, -0.15) is 0 Å². The van der Waals surface area contributed by atoms with E-state index in [2.05, 4.69) is 117 Å². The van der Waals surface area contributed by atoms with Crippen LogP contribution in [0.1, 0.15) is 245 Å². The number of ether oxygens (including phenoxy) is 2. The topological polar surface area (TPSA) is 24.9 Å². The van der Waals surface area contributed by atoms with Crippen LogP contribution >= 0.6 is 0 Å². The molecule has 0 aliphatic heterocycles. The molecule has 0 amide bonds. The van der Waals surface area contributed by atoms with Crippen molar-refractivity contribution in [2.75, 3.05) is 50.2 Å². The summed E-state index contributed by atoms with van der Waals surface area (Å²) in [5.74, 6) is 0.537. The van der Waals surface area contributed by atoms with Crippen molar-refractivity contribution >= 4 is 32.9 Å². The molecule has 6 rings (SSSR count). The van der Waals surface area contributed by atoms with Crippen molar-refractivity contribution in [3.8, 4) is 0 Å². The Hall–Kier alpha value is -3.08. The number of unbranched alkanes of at least 4 members (excludes halogenated alkanes) is 20. The maximum atomic E-state index is 5.88. The number of fused-ring (bicyclic) bond motifs is 2. The van der Waals surface area contributed by atoms with Crippen LogP contribution in [0.4, 0.5) is 11.4 Å². The summed E-state index contributed by atoms with van der Waals surface area (Å²) in [5, 5.41) is 5.74. The van der Waals surface area contributed by atoms with Crippen LogP contribution in [0.15, 0.2) is 72.8 Å². The van der Waals surface area contributed by atoms with Crippen molar-refractivity contribution in [1.29, 1.82) is 0 Å². The highest BCUT2D eigenvalue weighted by molar-refractivity contribution is 5.97. The Balaban J connectivity index is 0.000000325. The Morgan fingerprint density at radius 3 is 1.17 bits per heavy atom. The molecule has 4 heteroatoms. The van der Waals surface area contributed by atoms with Gasteiger partial charge in [-0.25, -0.2) is 0 Å². The molecule has 0 N–H and O–H groups in total. The number of hydrogen-bond acceptors (Lipinski definition) is 4. The fourth-order valence-corrected chi connectivity index (χ4v) is 10.5. The van der Waals surface area contributed by atoms with Gasteiger partial charge in [0.25, 0.3) is 0 Å². The lowest BCUT2D eigenvalue weighted by Crippen LogP contribution is -2.26. The standard InChI is InChI=1S/C32H51NO.C27H43N.C4H8O.C2H6/c1-4-6-8-10-12-16-25-33(26-17-13-11-9-7-5-2)31-24-23-28(27-19-14-15-20-29(27)31)30-21-18-22-32(30)34-3;1-4-6-8-10-12-16-22-28(23-17-13-11-9-7-5-2)27-21-20-24(3)25-18-14-15-19-26(25)27;1-5-4-2-3-4;1-2/h14-15,19-20,23-24,30,32H,4-13,16-18,21-22,25-26H2,1-3H3;14-15,18-21H,4-13,16-17,22-23H2,1-3H3;4H,2-3H2,1H3;1-2H3. The van der Waals surface area contributed by atoms with Gasteiger partial charge in [0, 0.05) is 68.5 Å². The van der Waals surface area contributed by atoms with Crippen molar-refractivity contribution in [2.45, 2.75) is 253 Å². The predicted octanol–water partition coefficient (Wildman–Crippen LogP) is 20.1. The maximum Gasteiger partial charge on any atom is 0.0640 e. The Morgan fingerprint density at radius 1 is 0.406 bits per heavy atom. The van der Waals surface area contributed by atoms with Crippen LogP contribution in [-0.2, 0) is 9.47 Å². The zero-order chi connectivity index (χ0) is 49.7. The highest BCUT2D eigenvalue weighted by Crippen LogP contribution is 2.42. The minimum atomic E-state index is 0.372. The largest absolute Gasteiger partial charge is 0.381 e. The molecule has 4 nitrogen and oxygen atoms in total. The van der Waals surface area contributed by atoms with Crippen LogP contribution in [0.3, 0.4) is 0 Å². The molecular weight excluding hydrogens is 841 g/mol. The van der Waals surface area contributed by atoms with E-state index in [1.54, 1.807) is 7.11 Å². The van der Waals surface area contributed by atoms with E-state index >= 15 is 0 Å². The molecule has 390 valence electrons. The van der Waals surface area contributed by atoms with Crippen molar-refractivity contribution in [3.05, 3.63) is 83.9 Å². The number of anilines is 2. The van der Waals surface area contributed by atoms with Crippen LogP contribution in [0.25, 0.3) is 21.5 Å². The van der Waals surface area contributed by atoms with E-state index in [1.807, 2.05) is 21.0 Å². The highest BCUT2D eigenvalue weighted by atomic mass is 16.5. The summed E-state index contributed by atoms with van der Waals surface area (Å²) < 4.78 is 10.7. The van der Waals surface area contributed by atoms with Gasteiger partial charge in [-0.05, 0) is 92.3 Å². The van der Waals surface area contributed by atoms with Gasteiger partial charge in [-0.3, -0.25) is 0 Å². The molecule has 2 aliphatic carbocycles. The van der Waals surface area contributed by atoms with Crippen molar-refractivity contribution in [3.63, 3.8) is 0 Å². The molecule has 2 atom stereocenters. The van der Waals surface area contributed by atoms with Gasteiger partial charge in [0.2, 0.25) is 0 Å². The minimum absolute atomic E-state index is 0.372. The van der Waals surface area contributed by atoms with Gasteiger partial charge in [-0.15, -0.1) is 0 Å². The molecule has 0 radical (unpaired) electrons. The number of hydrogen-bond donors (Lipinski definition) is 0. The Bertz CT molecular complexity index is 1800. The Kier molecular flexibility index (Phi) is 33.7.